The number of hydrogen-bond acceptors (Lipinski definition) is 7. The molecule has 0 spiro atoms. The standard InChI is InChI=1S/C21H24N2O7S/c1-3-28-21(25)15-6-5-7-16(12-15)22-20(24)14-23(31(26,27)4-2)17-8-9-18-19(13-17)30-11-10-29-18/h5-9,12-13H,3-4,10-11,14H2,1-2H3,(H,22,24). The summed E-state index contributed by atoms with van der Waals surface area (Å²) in [6.45, 7) is 3.75. The predicted octanol–water partition coefficient (Wildman–Crippen LogP) is 2.43. The van der Waals surface area contributed by atoms with E-state index in [0.29, 0.717) is 36.1 Å². The molecule has 2 aromatic carbocycles. The minimum atomic E-state index is -3.75. The van der Waals surface area contributed by atoms with E-state index in [9.17, 15) is 18.0 Å². The molecule has 0 aliphatic carbocycles. The summed E-state index contributed by atoms with van der Waals surface area (Å²) in [4.78, 5) is 24.6. The third kappa shape index (κ3) is 5.46. The highest BCUT2D eigenvalue weighted by molar-refractivity contribution is 7.92. The van der Waals surface area contributed by atoms with E-state index in [4.69, 9.17) is 14.2 Å². The fourth-order valence-corrected chi connectivity index (χ4v) is 4.02. The quantitative estimate of drug-likeness (QED) is 0.618. The molecule has 0 aromatic heterocycles. The van der Waals surface area contributed by atoms with Crippen LogP contribution in [0.1, 0.15) is 24.2 Å². The number of ether oxygens (including phenoxy) is 3. The fourth-order valence-electron chi connectivity index (χ4n) is 2.96. The largest absolute Gasteiger partial charge is 0.486 e. The molecule has 0 radical (unpaired) electrons. The molecule has 0 saturated carbocycles. The van der Waals surface area contributed by atoms with Crippen LogP contribution in [0.5, 0.6) is 11.5 Å². The highest BCUT2D eigenvalue weighted by atomic mass is 32.2. The number of nitrogens with one attached hydrogen (secondary N) is 1. The van der Waals surface area contributed by atoms with Gasteiger partial charge in [0.2, 0.25) is 15.9 Å². The zero-order valence-corrected chi connectivity index (χ0v) is 18.1. The van der Waals surface area contributed by atoms with E-state index < -0.39 is 28.4 Å². The van der Waals surface area contributed by atoms with Crippen molar-refractivity contribution in [1.82, 2.24) is 0 Å². The van der Waals surface area contributed by atoms with E-state index in [2.05, 4.69) is 5.32 Å². The van der Waals surface area contributed by atoms with Gasteiger partial charge >= 0.3 is 5.97 Å². The summed E-state index contributed by atoms with van der Waals surface area (Å²) in [5, 5.41) is 2.63. The number of rotatable bonds is 8. The Labute approximate surface area is 181 Å². The van der Waals surface area contributed by atoms with Gasteiger partial charge in [0, 0.05) is 11.8 Å². The molecule has 2 aromatic rings. The van der Waals surface area contributed by atoms with Gasteiger partial charge < -0.3 is 19.5 Å². The lowest BCUT2D eigenvalue weighted by molar-refractivity contribution is -0.114. The number of nitrogens with zero attached hydrogens (tertiary/aromatic N) is 1. The first-order valence-corrected chi connectivity index (χ1v) is 11.4. The lowest BCUT2D eigenvalue weighted by Crippen LogP contribution is -2.39. The van der Waals surface area contributed by atoms with Gasteiger partial charge in [-0.25, -0.2) is 13.2 Å². The van der Waals surface area contributed by atoms with Gasteiger partial charge in [0.1, 0.15) is 19.8 Å². The van der Waals surface area contributed by atoms with Crippen LogP contribution in [-0.4, -0.2) is 52.4 Å². The molecule has 166 valence electrons. The van der Waals surface area contributed by atoms with Crippen LogP contribution in [0.3, 0.4) is 0 Å². The Bertz CT molecular complexity index is 1070. The molecule has 1 N–H and O–H groups in total. The highest BCUT2D eigenvalue weighted by Crippen LogP contribution is 2.34. The first-order valence-electron chi connectivity index (χ1n) is 9.81. The third-order valence-electron chi connectivity index (χ3n) is 4.46. The molecule has 1 aliphatic heterocycles. The summed E-state index contributed by atoms with van der Waals surface area (Å²) in [5.41, 5.74) is 0.928. The summed E-state index contributed by atoms with van der Waals surface area (Å²) < 4.78 is 42.3. The molecule has 31 heavy (non-hydrogen) atoms. The molecule has 1 heterocycles. The summed E-state index contributed by atoms with van der Waals surface area (Å²) in [6.07, 6.45) is 0. The van der Waals surface area contributed by atoms with Crippen LogP contribution in [0.15, 0.2) is 42.5 Å². The molecule has 0 fully saturated rings. The topological polar surface area (TPSA) is 111 Å². The Morgan fingerprint density at radius 2 is 1.81 bits per heavy atom. The molecule has 1 aliphatic rings. The average Bonchev–Trinajstić information content (AvgIpc) is 2.77. The SMILES string of the molecule is CCOC(=O)c1cccc(NC(=O)CN(c2ccc3c(c2)OCCO3)S(=O)(=O)CC)c1. The van der Waals surface area contributed by atoms with Crippen molar-refractivity contribution >= 4 is 33.3 Å². The van der Waals surface area contributed by atoms with Crippen LogP contribution < -0.4 is 19.1 Å². The number of benzene rings is 2. The Balaban J connectivity index is 1.80. The maximum absolute atomic E-state index is 12.7. The second-order valence-corrected chi connectivity index (χ2v) is 8.77. The van der Waals surface area contributed by atoms with Crippen molar-refractivity contribution in [3.05, 3.63) is 48.0 Å². The molecule has 10 heteroatoms. The summed E-state index contributed by atoms with van der Waals surface area (Å²) in [6, 6.07) is 11.0. The Morgan fingerprint density at radius 1 is 1.06 bits per heavy atom. The van der Waals surface area contributed by atoms with E-state index in [-0.39, 0.29) is 17.9 Å². The van der Waals surface area contributed by atoms with Gasteiger partial charge in [-0.1, -0.05) is 6.07 Å². The fraction of sp³-hybridized carbons (Fsp3) is 0.333. The van der Waals surface area contributed by atoms with Gasteiger partial charge in [-0.15, -0.1) is 0 Å². The third-order valence-corrected chi connectivity index (χ3v) is 6.20. The molecule has 0 saturated heterocycles. The summed E-state index contributed by atoms with van der Waals surface area (Å²) in [5.74, 6) is -0.322. The van der Waals surface area contributed by atoms with Crippen molar-refractivity contribution in [3.8, 4) is 11.5 Å². The molecule has 3 rings (SSSR count). The second-order valence-electron chi connectivity index (χ2n) is 6.58. The van der Waals surface area contributed by atoms with Crippen LogP contribution in [0, 0.1) is 0 Å². The average molecular weight is 448 g/mol. The van der Waals surface area contributed by atoms with Crippen molar-refractivity contribution in [2.24, 2.45) is 0 Å². The van der Waals surface area contributed by atoms with Gasteiger partial charge in [0.15, 0.2) is 11.5 Å². The molecule has 9 nitrogen and oxygen atoms in total. The maximum atomic E-state index is 12.7. The van der Waals surface area contributed by atoms with Crippen molar-refractivity contribution < 1.29 is 32.2 Å². The van der Waals surface area contributed by atoms with E-state index in [0.717, 1.165) is 4.31 Å². The van der Waals surface area contributed by atoms with Crippen LogP contribution >= 0.6 is 0 Å². The number of fused-ring (bicyclic) bond motifs is 1. The molecule has 0 atom stereocenters. The zero-order chi connectivity index (χ0) is 22.4. The Kier molecular flexibility index (Phi) is 7.01. The highest BCUT2D eigenvalue weighted by Gasteiger charge is 2.25. The molecule has 0 unspecified atom stereocenters. The first kappa shape index (κ1) is 22.4. The van der Waals surface area contributed by atoms with Crippen molar-refractivity contribution in [3.63, 3.8) is 0 Å². The number of carbonyl (C=O) groups is 2. The maximum Gasteiger partial charge on any atom is 0.338 e. The van der Waals surface area contributed by atoms with Crippen molar-refractivity contribution in [1.29, 1.82) is 0 Å². The number of esters is 1. The minimum Gasteiger partial charge on any atom is -0.486 e. The summed E-state index contributed by atoms with van der Waals surface area (Å²) >= 11 is 0. The number of hydrogen-bond donors (Lipinski definition) is 1. The minimum absolute atomic E-state index is 0.187. The van der Waals surface area contributed by atoms with Crippen molar-refractivity contribution in [2.75, 3.05) is 41.7 Å². The first-order chi connectivity index (χ1) is 14.8. The molecule has 0 bridgehead atoms. The van der Waals surface area contributed by atoms with E-state index in [1.165, 1.54) is 19.1 Å². The predicted molar refractivity (Wildman–Crippen MR) is 115 cm³/mol. The zero-order valence-electron chi connectivity index (χ0n) is 17.3. The number of sulfonamides is 1. The Hall–Kier alpha value is -3.27. The van der Waals surface area contributed by atoms with E-state index in [1.54, 1.807) is 37.3 Å². The monoisotopic (exact) mass is 448 g/mol. The van der Waals surface area contributed by atoms with Crippen molar-refractivity contribution in [2.45, 2.75) is 13.8 Å². The van der Waals surface area contributed by atoms with Gasteiger partial charge in [0.05, 0.1) is 23.6 Å². The lowest BCUT2D eigenvalue weighted by atomic mass is 10.2. The number of amides is 1. The molecule has 1 amide bonds. The Morgan fingerprint density at radius 3 is 2.52 bits per heavy atom. The van der Waals surface area contributed by atoms with Gasteiger partial charge in [-0.3, -0.25) is 9.10 Å². The normalized spacial score (nSPS) is 12.7. The number of carbonyl (C=O) groups excluding carboxylic acids is 2. The van der Waals surface area contributed by atoms with Gasteiger partial charge in [-0.05, 0) is 44.2 Å². The van der Waals surface area contributed by atoms with Crippen LogP contribution in [0.4, 0.5) is 11.4 Å². The smallest absolute Gasteiger partial charge is 0.338 e. The van der Waals surface area contributed by atoms with Gasteiger partial charge in [-0.2, -0.15) is 0 Å². The van der Waals surface area contributed by atoms with Crippen LogP contribution in [0.2, 0.25) is 0 Å². The second kappa shape index (κ2) is 9.69. The van der Waals surface area contributed by atoms with Crippen LogP contribution in [0.25, 0.3) is 0 Å². The van der Waals surface area contributed by atoms with Gasteiger partial charge in [0.25, 0.3) is 0 Å². The van der Waals surface area contributed by atoms with Crippen LogP contribution in [-0.2, 0) is 19.6 Å². The summed E-state index contributed by atoms with van der Waals surface area (Å²) in [7, 11) is -3.75. The van der Waals surface area contributed by atoms with E-state index in [1.807, 2.05) is 0 Å². The van der Waals surface area contributed by atoms with E-state index >= 15 is 0 Å². The lowest BCUT2D eigenvalue weighted by Gasteiger charge is -2.25. The molecular formula is C21H24N2O7S. The molecular weight excluding hydrogens is 424 g/mol. The number of anilines is 2.